The molecule has 3 aromatic heterocycles. The SMILES string of the molecule is COc1ccc(CCc2nc3cc(-c4conc4C)cnc3n2CCC2CCOCC2)cc1. The first-order chi connectivity index (χ1) is 16.2. The lowest BCUT2D eigenvalue weighted by Gasteiger charge is -2.22. The molecule has 1 aliphatic rings. The molecule has 7 nitrogen and oxygen atoms in total. The molecule has 0 N–H and O–H groups in total. The van der Waals surface area contributed by atoms with Crippen LogP contribution in [0.15, 0.2) is 47.3 Å². The van der Waals surface area contributed by atoms with Crippen molar-refractivity contribution in [3.8, 4) is 16.9 Å². The summed E-state index contributed by atoms with van der Waals surface area (Å²) in [5.74, 6) is 2.66. The van der Waals surface area contributed by atoms with E-state index in [1.807, 2.05) is 25.3 Å². The lowest BCUT2D eigenvalue weighted by molar-refractivity contribution is 0.0626. The molecule has 0 amide bonds. The summed E-state index contributed by atoms with van der Waals surface area (Å²) in [4.78, 5) is 9.86. The topological polar surface area (TPSA) is 75.2 Å². The first kappa shape index (κ1) is 21.6. The predicted octanol–water partition coefficient (Wildman–Crippen LogP) is 5.01. The highest BCUT2D eigenvalue weighted by atomic mass is 16.5. The molecule has 4 aromatic rings. The van der Waals surface area contributed by atoms with Crippen LogP contribution in [0.5, 0.6) is 5.75 Å². The van der Waals surface area contributed by atoms with E-state index in [4.69, 9.17) is 24.0 Å². The highest BCUT2D eigenvalue weighted by Crippen LogP contribution is 2.27. The summed E-state index contributed by atoms with van der Waals surface area (Å²) in [5.41, 5.74) is 5.94. The van der Waals surface area contributed by atoms with Crippen LogP contribution in [-0.4, -0.2) is 40.0 Å². The molecule has 5 rings (SSSR count). The molecule has 1 fully saturated rings. The highest BCUT2D eigenvalue weighted by Gasteiger charge is 2.18. The maximum atomic E-state index is 5.54. The van der Waals surface area contributed by atoms with Gasteiger partial charge in [-0.05, 0) is 62.3 Å². The number of hydrogen-bond acceptors (Lipinski definition) is 6. The van der Waals surface area contributed by atoms with Gasteiger partial charge in [0, 0.05) is 43.5 Å². The van der Waals surface area contributed by atoms with Gasteiger partial charge in [0.2, 0.25) is 0 Å². The van der Waals surface area contributed by atoms with Crippen molar-refractivity contribution in [2.45, 2.75) is 45.6 Å². The van der Waals surface area contributed by atoms with Gasteiger partial charge in [0.15, 0.2) is 5.65 Å². The second kappa shape index (κ2) is 9.75. The molecule has 1 aliphatic heterocycles. The Morgan fingerprint density at radius 2 is 1.94 bits per heavy atom. The molecule has 0 unspecified atom stereocenters. The van der Waals surface area contributed by atoms with Gasteiger partial charge in [-0.1, -0.05) is 17.3 Å². The van der Waals surface area contributed by atoms with E-state index >= 15 is 0 Å². The molecule has 0 aliphatic carbocycles. The van der Waals surface area contributed by atoms with Gasteiger partial charge in [0.05, 0.1) is 12.8 Å². The van der Waals surface area contributed by atoms with Crippen LogP contribution < -0.4 is 4.74 Å². The summed E-state index contributed by atoms with van der Waals surface area (Å²) < 4.78 is 18.3. The van der Waals surface area contributed by atoms with Crippen LogP contribution in [-0.2, 0) is 24.1 Å². The smallest absolute Gasteiger partial charge is 0.160 e. The molecule has 0 radical (unpaired) electrons. The van der Waals surface area contributed by atoms with E-state index in [9.17, 15) is 0 Å². The van der Waals surface area contributed by atoms with Gasteiger partial charge >= 0.3 is 0 Å². The zero-order valence-corrected chi connectivity index (χ0v) is 19.3. The third kappa shape index (κ3) is 4.78. The van der Waals surface area contributed by atoms with Crippen molar-refractivity contribution in [1.82, 2.24) is 19.7 Å². The van der Waals surface area contributed by atoms with E-state index in [0.29, 0.717) is 5.92 Å². The van der Waals surface area contributed by atoms with E-state index < -0.39 is 0 Å². The van der Waals surface area contributed by atoms with Crippen LogP contribution in [0.4, 0.5) is 0 Å². The third-order valence-corrected chi connectivity index (χ3v) is 6.62. The fourth-order valence-corrected chi connectivity index (χ4v) is 4.60. The number of imidazole rings is 1. The number of fused-ring (bicyclic) bond motifs is 1. The Hall–Kier alpha value is -3.19. The second-order valence-electron chi connectivity index (χ2n) is 8.75. The van der Waals surface area contributed by atoms with Crippen molar-refractivity contribution < 1.29 is 14.0 Å². The number of nitrogens with zero attached hydrogens (tertiary/aromatic N) is 4. The number of methoxy groups -OCH3 is 1. The van der Waals surface area contributed by atoms with Crippen molar-refractivity contribution in [2.75, 3.05) is 20.3 Å². The molecule has 0 spiro atoms. The highest BCUT2D eigenvalue weighted by molar-refractivity contribution is 5.79. The van der Waals surface area contributed by atoms with Crippen LogP contribution in [0.1, 0.15) is 36.3 Å². The van der Waals surface area contributed by atoms with Gasteiger partial charge in [0.25, 0.3) is 0 Å². The summed E-state index contributed by atoms with van der Waals surface area (Å²) in [6.45, 7) is 4.62. The van der Waals surface area contributed by atoms with E-state index in [2.05, 4.69) is 27.9 Å². The third-order valence-electron chi connectivity index (χ3n) is 6.62. The van der Waals surface area contributed by atoms with Crippen LogP contribution in [0.3, 0.4) is 0 Å². The maximum absolute atomic E-state index is 5.54. The second-order valence-corrected chi connectivity index (χ2v) is 8.75. The molecular weight excluding hydrogens is 416 g/mol. The summed E-state index contributed by atoms with van der Waals surface area (Å²) in [5, 5.41) is 4.00. The molecule has 1 aromatic carbocycles. The molecule has 33 heavy (non-hydrogen) atoms. The number of rotatable bonds is 8. The molecule has 4 heterocycles. The number of aromatic nitrogens is 4. The molecule has 1 saturated heterocycles. The Bertz CT molecular complexity index is 1210. The van der Waals surface area contributed by atoms with Gasteiger partial charge in [-0.15, -0.1) is 0 Å². The van der Waals surface area contributed by atoms with Gasteiger partial charge in [-0.25, -0.2) is 9.97 Å². The monoisotopic (exact) mass is 446 g/mol. The maximum Gasteiger partial charge on any atom is 0.160 e. The number of ether oxygens (including phenoxy) is 2. The zero-order valence-electron chi connectivity index (χ0n) is 19.3. The van der Waals surface area contributed by atoms with E-state index in [-0.39, 0.29) is 0 Å². The Morgan fingerprint density at radius 1 is 1.12 bits per heavy atom. The average Bonchev–Trinajstić information content (AvgIpc) is 3.44. The fraction of sp³-hybridized carbons (Fsp3) is 0.423. The summed E-state index contributed by atoms with van der Waals surface area (Å²) in [6, 6.07) is 10.4. The van der Waals surface area contributed by atoms with Crippen molar-refractivity contribution in [3.63, 3.8) is 0 Å². The standard InChI is InChI=1S/C26H30N4O3/c1-18-23(17-33-29-18)21-15-24-26(27-16-21)30(12-9-20-10-13-32-14-11-20)25(28-24)8-5-19-3-6-22(31-2)7-4-19/h3-4,6-7,15-17,20H,5,8-14H2,1-2H3. The van der Waals surface area contributed by atoms with Crippen molar-refractivity contribution in [3.05, 3.63) is 59.9 Å². The summed E-state index contributed by atoms with van der Waals surface area (Å²) in [7, 11) is 1.69. The quantitative estimate of drug-likeness (QED) is 0.379. The van der Waals surface area contributed by atoms with E-state index in [1.54, 1.807) is 13.4 Å². The van der Waals surface area contributed by atoms with Gasteiger partial charge in [-0.3, -0.25) is 0 Å². The lowest BCUT2D eigenvalue weighted by atomic mass is 9.96. The molecule has 0 saturated carbocycles. The molecule has 0 bridgehead atoms. The minimum absolute atomic E-state index is 0.699. The Morgan fingerprint density at radius 3 is 2.67 bits per heavy atom. The van der Waals surface area contributed by atoms with Gasteiger partial charge in [0.1, 0.15) is 23.4 Å². The van der Waals surface area contributed by atoms with Crippen LogP contribution in [0.2, 0.25) is 0 Å². The van der Waals surface area contributed by atoms with E-state index in [1.165, 1.54) is 5.56 Å². The number of benzene rings is 1. The predicted molar refractivity (Wildman–Crippen MR) is 126 cm³/mol. The molecular formula is C26H30N4O3. The average molecular weight is 447 g/mol. The fourth-order valence-electron chi connectivity index (χ4n) is 4.60. The summed E-state index contributed by atoms with van der Waals surface area (Å²) >= 11 is 0. The Kier molecular flexibility index (Phi) is 6.39. The van der Waals surface area contributed by atoms with Crippen molar-refractivity contribution >= 4 is 11.2 Å². The number of pyridine rings is 1. The first-order valence-electron chi connectivity index (χ1n) is 11.7. The van der Waals surface area contributed by atoms with Crippen LogP contribution in [0, 0.1) is 12.8 Å². The van der Waals surface area contributed by atoms with Crippen LogP contribution >= 0.6 is 0 Å². The largest absolute Gasteiger partial charge is 0.497 e. The minimum atomic E-state index is 0.699. The zero-order chi connectivity index (χ0) is 22.6. The number of hydrogen-bond donors (Lipinski definition) is 0. The Labute approximate surface area is 193 Å². The first-order valence-corrected chi connectivity index (χ1v) is 11.7. The van der Waals surface area contributed by atoms with Gasteiger partial charge < -0.3 is 18.6 Å². The normalized spacial score (nSPS) is 14.7. The lowest BCUT2D eigenvalue weighted by Crippen LogP contribution is -2.18. The Balaban J connectivity index is 1.42. The van der Waals surface area contributed by atoms with E-state index in [0.717, 1.165) is 91.4 Å². The molecule has 7 heteroatoms. The molecule has 172 valence electrons. The minimum Gasteiger partial charge on any atom is -0.497 e. The summed E-state index contributed by atoms with van der Waals surface area (Å²) in [6.07, 6.45) is 8.75. The van der Waals surface area contributed by atoms with Gasteiger partial charge in [-0.2, -0.15) is 0 Å². The van der Waals surface area contributed by atoms with Crippen molar-refractivity contribution in [2.24, 2.45) is 5.92 Å². The number of aryl methyl sites for hydroxylation is 4. The van der Waals surface area contributed by atoms with Crippen LogP contribution in [0.25, 0.3) is 22.3 Å². The van der Waals surface area contributed by atoms with Crippen molar-refractivity contribution in [1.29, 1.82) is 0 Å². The molecule has 0 atom stereocenters.